The van der Waals surface area contributed by atoms with Gasteiger partial charge in [-0.15, -0.1) is 0 Å². The molecule has 3 nitrogen and oxygen atoms in total. The third kappa shape index (κ3) is 3.70. The summed E-state index contributed by atoms with van der Waals surface area (Å²) in [6, 6.07) is 10.2. The highest BCUT2D eigenvalue weighted by molar-refractivity contribution is 6.28. The van der Waals surface area contributed by atoms with Crippen molar-refractivity contribution in [1.29, 1.82) is 0 Å². The fourth-order valence-electron chi connectivity index (χ4n) is 1.69. The van der Waals surface area contributed by atoms with E-state index in [1.807, 2.05) is 0 Å². The molecule has 0 saturated carbocycles. The van der Waals surface area contributed by atoms with Crippen LogP contribution in [-0.4, -0.2) is 9.97 Å². The summed E-state index contributed by atoms with van der Waals surface area (Å²) < 4.78 is 0. The van der Waals surface area contributed by atoms with Gasteiger partial charge in [0.05, 0.1) is 0 Å². The van der Waals surface area contributed by atoms with Gasteiger partial charge in [0.25, 0.3) is 0 Å². The molecule has 4 heteroatoms. The van der Waals surface area contributed by atoms with Gasteiger partial charge < -0.3 is 5.32 Å². The van der Waals surface area contributed by atoms with Crippen LogP contribution in [0.2, 0.25) is 5.28 Å². The van der Waals surface area contributed by atoms with E-state index in [2.05, 4.69) is 46.5 Å². The molecule has 0 unspecified atom stereocenters. The first-order chi connectivity index (χ1) is 8.78. The zero-order valence-corrected chi connectivity index (χ0v) is 11.1. The van der Waals surface area contributed by atoms with Crippen molar-refractivity contribution in [3.63, 3.8) is 0 Å². The van der Waals surface area contributed by atoms with Gasteiger partial charge in [-0.25, -0.2) is 9.97 Å². The Morgan fingerprint density at radius 2 is 1.94 bits per heavy atom. The van der Waals surface area contributed by atoms with Gasteiger partial charge in [-0.2, -0.15) is 0 Å². The molecule has 0 aliphatic carbocycles. The van der Waals surface area contributed by atoms with Crippen molar-refractivity contribution in [2.45, 2.75) is 26.2 Å². The van der Waals surface area contributed by atoms with Crippen LogP contribution in [0.15, 0.2) is 36.5 Å². The quantitative estimate of drug-likeness (QED) is 0.819. The maximum atomic E-state index is 5.73. The van der Waals surface area contributed by atoms with Gasteiger partial charge in [0.1, 0.15) is 5.82 Å². The molecule has 1 aromatic carbocycles. The zero-order chi connectivity index (χ0) is 12.8. The van der Waals surface area contributed by atoms with E-state index in [-0.39, 0.29) is 5.28 Å². The normalized spacial score (nSPS) is 10.3. The topological polar surface area (TPSA) is 37.8 Å². The van der Waals surface area contributed by atoms with Crippen molar-refractivity contribution in [2.75, 3.05) is 5.32 Å². The molecule has 0 fully saturated rings. The second-order valence-corrected chi connectivity index (χ2v) is 4.47. The number of rotatable bonds is 5. The van der Waals surface area contributed by atoms with Crippen LogP contribution in [0.3, 0.4) is 0 Å². The minimum Gasteiger partial charge on any atom is -0.340 e. The molecule has 0 spiro atoms. The Hall–Kier alpha value is -1.61. The number of aryl methyl sites for hydroxylation is 1. The average molecular weight is 262 g/mol. The van der Waals surface area contributed by atoms with Crippen molar-refractivity contribution < 1.29 is 0 Å². The highest BCUT2D eigenvalue weighted by Gasteiger charge is 1.98. The number of benzene rings is 1. The summed E-state index contributed by atoms with van der Waals surface area (Å²) in [5.74, 6) is 0.705. The molecular formula is C14H16ClN3. The molecule has 0 amide bonds. The summed E-state index contributed by atoms with van der Waals surface area (Å²) in [6.07, 6.45) is 5.22. The lowest BCUT2D eigenvalue weighted by Gasteiger charge is -2.06. The fourth-order valence-corrected chi connectivity index (χ4v) is 1.84. The predicted octanol–water partition coefficient (Wildman–Crippen LogP) is 4.22. The van der Waals surface area contributed by atoms with Crippen LogP contribution < -0.4 is 5.32 Å². The molecule has 94 valence electrons. The largest absolute Gasteiger partial charge is 0.340 e. The van der Waals surface area contributed by atoms with E-state index < -0.39 is 0 Å². The van der Waals surface area contributed by atoms with Crippen LogP contribution >= 0.6 is 11.6 Å². The van der Waals surface area contributed by atoms with Crippen molar-refractivity contribution in [1.82, 2.24) is 9.97 Å². The summed E-state index contributed by atoms with van der Waals surface area (Å²) in [5.41, 5.74) is 2.37. The lowest BCUT2D eigenvalue weighted by Crippen LogP contribution is -1.95. The van der Waals surface area contributed by atoms with E-state index in [1.165, 1.54) is 18.4 Å². The SMILES string of the molecule is CCCCc1ccc(Nc2ccnc(Cl)n2)cc1. The number of nitrogens with zero attached hydrogens (tertiary/aromatic N) is 2. The van der Waals surface area contributed by atoms with E-state index >= 15 is 0 Å². The van der Waals surface area contributed by atoms with E-state index in [1.54, 1.807) is 12.3 Å². The molecule has 1 N–H and O–H groups in total. The Kier molecular flexibility index (Phi) is 4.53. The van der Waals surface area contributed by atoms with Gasteiger partial charge >= 0.3 is 0 Å². The third-order valence-electron chi connectivity index (χ3n) is 2.67. The monoisotopic (exact) mass is 261 g/mol. The van der Waals surface area contributed by atoms with E-state index in [9.17, 15) is 0 Å². The maximum absolute atomic E-state index is 5.73. The zero-order valence-electron chi connectivity index (χ0n) is 10.4. The van der Waals surface area contributed by atoms with Crippen LogP contribution in [0.5, 0.6) is 0 Å². The summed E-state index contributed by atoms with van der Waals surface area (Å²) in [4.78, 5) is 7.93. The standard InChI is InChI=1S/C14H16ClN3/c1-2-3-4-11-5-7-12(8-6-11)17-13-9-10-16-14(15)18-13/h5-10H,2-4H2,1H3,(H,16,17,18). The minimum atomic E-state index is 0.250. The molecule has 0 aliphatic rings. The Labute approximate surface area is 112 Å². The number of anilines is 2. The van der Waals surface area contributed by atoms with Gasteiger partial charge in [-0.1, -0.05) is 25.5 Å². The van der Waals surface area contributed by atoms with Crippen LogP contribution in [0.1, 0.15) is 25.3 Å². The highest BCUT2D eigenvalue weighted by Crippen LogP contribution is 2.16. The summed E-state index contributed by atoms with van der Waals surface area (Å²) in [5, 5.41) is 3.44. The van der Waals surface area contributed by atoms with Crippen LogP contribution in [-0.2, 0) is 6.42 Å². The molecule has 0 radical (unpaired) electrons. The summed E-state index contributed by atoms with van der Waals surface area (Å²) in [6.45, 7) is 2.20. The van der Waals surface area contributed by atoms with Gasteiger partial charge in [-0.3, -0.25) is 0 Å². The minimum absolute atomic E-state index is 0.250. The van der Waals surface area contributed by atoms with Crippen molar-refractivity contribution in [3.05, 3.63) is 47.4 Å². The number of unbranched alkanes of at least 4 members (excludes halogenated alkanes) is 1. The van der Waals surface area contributed by atoms with Crippen LogP contribution in [0.4, 0.5) is 11.5 Å². The lowest BCUT2D eigenvalue weighted by atomic mass is 10.1. The molecule has 0 atom stereocenters. The number of hydrogen-bond acceptors (Lipinski definition) is 3. The predicted molar refractivity (Wildman–Crippen MR) is 75.4 cm³/mol. The van der Waals surface area contributed by atoms with Crippen molar-refractivity contribution >= 4 is 23.1 Å². The molecule has 1 heterocycles. The fraction of sp³-hybridized carbons (Fsp3) is 0.286. The molecule has 0 aliphatic heterocycles. The van der Waals surface area contributed by atoms with Crippen LogP contribution in [0, 0.1) is 0 Å². The maximum Gasteiger partial charge on any atom is 0.224 e. The van der Waals surface area contributed by atoms with Gasteiger partial charge in [0.2, 0.25) is 5.28 Å². The van der Waals surface area contributed by atoms with Crippen LogP contribution in [0.25, 0.3) is 0 Å². The Morgan fingerprint density at radius 3 is 2.61 bits per heavy atom. The Balaban J connectivity index is 2.02. The van der Waals surface area contributed by atoms with Gasteiger partial charge in [0, 0.05) is 11.9 Å². The first kappa shape index (κ1) is 12.8. The first-order valence-corrected chi connectivity index (χ1v) is 6.50. The molecular weight excluding hydrogens is 246 g/mol. The Morgan fingerprint density at radius 1 is 1.17 bits per heavy atom. The third-order valence-corrected chi connectivity index (χ3v) is 2.85. The second-order valence-electron chi connectivity index (χ2n) is 4.14. The van der Waals surface area contributed by atoms with Gasteiger partial charge in [0.15, 0.2) is 0 Å². The summed E-state index contributed by atoms with van der Waals surface area (Å²) >= 11 is 5.73. The number of halogens is 1. The summed E-state index contributed by atoms with van der Waals surface area (Å²) in [7, 11) is 0. The number of nitrogens with one attached hydrogen (secondary N) is 1. The lowest BCUT2D eigenvalue weighted by molar-refractivity contribution is 0.795. The average Bonchev–Trinajstić information content (AvgIpc) is 2.38. The number of hydrogen-bond donors (Lipinski definition) is 1. The number of aromatic nitrogens is 2. The van der Waals surface area contributed by atoms with E-state index in [4.69, 9.17) is 11.6 Å². The molecule has 1 aromatic heterocycles. The highest BCUT2D eigenvalue weighted by atomic mass is 35.5. The molecule has 18 heavy (non-hydrogen) atoms. The van der Waals surface area contributed by atoms with Crippen molar-refractivity contribution in [3.8, 4) is 0 Å². The molecule has 2 rings (SSSR count). The second kappa shape index (κ2) is 6.36. The van der Waals surface area contributed by atoms with Gasteiger partial charge in [-0.05, 0) is 48.2 Å². The Bertz CT molecular complexity index is 497. The van der Waals surface area contributed by atoms with Crippen molar-refractivity contribution in [2.24, 2.45) is 0 Å². The molecule has 0 saturated heterocycles. The first-order valence-electron chi connectivity index (χ1n) is 6.12. The van der Waals surface area contributed by atoms with E-state index in [0.717, 1.165) is 12.1 Å². The molecule has 2 aromatic rings. The van der Waals surface area contributed by atoms with E-state index in [0.29, 0.717) is 5.82 Å². The smallest absolute Gasteiger partial charge is 0.224 e. The molecule has 0 bridgehead atoms.